The van der Waals surface area contributed by atoms with Crippen molar-refractivity contribution >= 4 is 7.69 Å². The molecule has 0 atom stereocenters. The van der Waals surface area contributed by atoms with Crippen LogP contribution in [-0.4, -0.2) is 34.0 Å². The first-order chi connectivity index (χ1) is 12.5. The number of aliphatic hydroxyl groups is 1. The Hall–Kier alpha value is -2.02. The van der Waals surface area contributed by atoms with Gasteiger partial charge in [0.1, 0.15) is 11.4 Å². The Balaban J connectivity index is 0.00000114. The molecule has 2 rings (SSSR count). The molecule has 0 aliphatic heterocycles. The zero-order chi connectivity index (χ0) is 20.7. The van der Waals surface area contributed by atoms with Crippen LogP contribution < -0.4 is 9.47 Å². The molecule has 2 aromatic rings. The summed E-state index contributed by atoms with van der Waals surface area (Å²) in [7, 11) is 0. The van der Waals surface area contributed by atoms with E-state index in [1.807, 2.05) is 56.3 Å². The van der Waals surface area contributed by atoms with Crippen LogP contribution in [0.25, 0.3) is 0 Å². The highest BCUT2D eigenvalue weighted by atomic mass is 16.5. The Morgan fingerprint density at radius 2 is 1.44 bits per heavy atom. The standard InChI is InChI=1S/C21H28O3.BH2O2/c1-15(2)16-10-9-11-17(14-16)23-18-12-7-8-13-19(18)24-21(5,6)20(3,4)22;2-1-3/h7-15,22H,1-6H3;2-3H. The van der Waals surface area contributed by atoms with Gasteiger partial charge in [0.15, 0.2) is 11.5 Å². The maximum atomic E-state index is 10.3. The smallest absolute Gasteiger partial charge is 0.481 e. The van der Waals surface area contributed by atoms with Gasteiger partial charge in [0.2, 0.25) is 0 Å². The molecule has 0 aromatic heterocycles. The number of hydrogen-bond acceptors (Lipinski definition) is 5. The Bertz CT molecular complexity index is 708. The molecule has 0 heterocycles. The van der Waals surface area contributed by atoms with Crippen molar-refractivity contribution in [2.75, 3.05) is 0 Å². The van der Waals surface area contributed by atoms with E-state index in [1.54, 1.807) is 13.8 Å². The van der Waals surface area contributed by atoms with Crippen LogP contribution in [0.4, 0.5) is 0 Å². The second kappa shape index (κ2) is 9.79. The summed E-state index contributed by atoms with van der Waals surface area (Å²) in [5, 5.41) is 24.3. The van der Waals surface area contributed by atoms with Crippen molar-refractivity contribution in [3.63, 3.8) is 0 Å². The van der Waals surface area contributed by atoms with Crippen LogP contribution in [0.3, 0.4) is 0 Å². The molecule has 27 heavy (non-hydrogen) atoms. The van der Waals surface area contributed by atoms with Crippen LogP contribution in [0.5, 0.6) is 17.2 Å². The lowest BCUT2D eigenvalue weighted by atomic mass is 9.89. The minimum atomic E-state index is -0.988. The van der Waals surface area contributed by atoms with E-state index in [-0.39, 0.29) is 7.69 Å². The largest absolute Gasteiger partial charge is 0.482 e. The summed E-state index contributed by atoms with van der Waals surface area (Å²) >= 11 is 0. The van der Waals surface area contributed by atoms with Gasteiger partial charge in [0.05, 0.1) is 5.60 Å². The van der Waals surface area contributed by atoms with Crippen molar-refractivity contribution in [2.24, 2.45) is 0 Å². The van der Waals surface area contributed by atoms with Crippen LogP contribution in [-0.2, 0) is 0 Å². The van der Waals surface area contributed by atoms with Gasteiger partial charge in [-0.25, -0.2) is 0 Å². The van der Waals surface area contributed by atoms with E-state index in [0.717, 1.165) is 5.75 Å². The van der Waals surface area contributed by atoms with Crippen molar-refractivity contribution < 1.29 is 24.6 Å². The molecule has 6 heteroatoms. The monoisotopic (exact) mass is 373 g/mol. The molecule has 5 nitrogen and oxygen atoms in total. The molecule has 0 aliphatic carbocycles. The fourth-order valence-corrected chi connectivity index (χ4v) is 2.08. The molecule has 0 saturated carbocycles. The Morgan fingerprint density at radius 3 is 1.96 bits per heavy atom. The highest BCUT2D eigenvalue weighted by Crippen LogP contribution is 2.36. The zero-order valence-electron chi connectivity index (χ0n) is 16.9. The lowest BCUT2D eigenvalue weighted by Crippen LogP contribution is -2.49. The number of rotatable bonds is 6. The molecule has 0 aliphatic rings. The van der Waals surface area contributed by atoms with Gasteiger partial charge in [-0.2, -0.15) is 0 Å². The van der Waals surface area contributed by atoms with Gasteiger partial charge in [0.25, 0.3) is 0 Å². The molecule has 0 bridgehead atoms. The molecule has 0 saturated heterocycles. The molecule has 0 fully saturated rings. The summed E-state index contributed by atoms with van der Waals surface area (Å²) in [4.78, 5) is 0. The van der Waals surface area contributed by atoms with Crippen molar-refractivity contribution in [3.8, 4) is 17.2 Å². The number of ether oxygens (including phenoxy) is 2. The maximum Gasteiger partial charge on any atom is 0.482 e. The van der Waals surface area contributed by atoms with Crippen LogP contribution in [0.2, 0.25) is 0 Å². The summed E-state index contributed by atoms with van der Waals surface area (Å²) in [5.41, 5.74) is -0.521. The van der Waals surface area contributed by atoms with Crippen LogP contribution >= 0.6 is 0 Å². The third kappa shape index (κ3) is 6.90. The van der Waals surface area contributed by atoms with E-state index in [2.05, 4.69) is 19.9 Å². The average molecular weight is 373 g/mol. The van der Waals surface area contributed by atoms with Crippen molar-refractivity contribution in [1.29, 1.82) is 0 Å². The van der Waals surface area contributed by atoms with E-state index in [1.165, 1.54) is 5.56 Å². The average Bonchev–Trinajstić information content (AvgIpc) is 2.56. The molecular weight excluding hydrogens is 343 g/mol. The van der Waals surface area contributed by atoms with E-state index in [9.17, 15) is 5.11 Å². The Kier molecular flexibility index (Phi) is 8.34. The summed E-state index contributed by atoms with van der Waals surface area (Å²) in [5.74, 6) is 2.46. The summed E-state index contributed by atoms with van der Waals surface area (Å²) in [6, 6.07) is 15.6. The second-order valence-corrected chi connectivity index (χ2v) is 7.56. The topological polar surface area (TPSA) is 79.2 Å². The fraction of sp³-hybridized carbons (Fsp3) is 0.429. The van der Waals surface area contributed by atoms with E-state index in [0.29, 0.717) is 17.4 Å². The fourth-order valence-electron chi connectivity index (χ4n) is 2.08. The highest BCUT2D eigenvalue weighted by molar-refractivity contribution is 6.13. The van der Waals surface area contributed by atoms with Crippen molar-refractivity contribution in [1.82, 2.24) is 0 Å². The molecule has 0 spiro atoms. The first-order valence-electron chi connectivity index (χ1n) is 8.90. The van der Waals surface area contributed by atoms with Gasteiger partial charge < -0.3 is 24.6 Å². The highest BCUT2D eigenvalue weighted by Gasteiger charge is 2.38. The van der Waals surface area contributed by atoms with E-state index < -0.39 is 11.2 Å². The van der Waals surface area contributed by atoms with E-state index >= 15 is 0 Å². The lowest BCUT2D eigenvalue weighted by Gasteiger charge is -2.37. The molecule has 0 unspecified atom stereocenters. The molecule has 3 N–H and O–H groups in total. The lowest BCUT2D eigenvalue weighted by molar-refractivity contribution is -0.0912. The number of para-hydroxylation sites is 2. The number of benzene rings is 2. The summed E-state index contributed by atoms with van der Waals surface area (Å²) < 4.78 is 12.1. The van der Waals surface area contributed by atoms with Gasteiger partial charge in [0, 0.05) is 0 Å². The van der Waals surface area contributed by atoms with Crippen LogP contribution in [0.1, 0.15) is 53.0 Å². The van der Waals surface area contributed by atoms with Crippen LogP contribution in [0, 0.1) is 0 Å². The Morgan fingerprint density at radius 1 is 0.889 bits per heavy atom. The zero-order valence-corrected chi connectivity index (χ0v) is 16.9. The van der Waals surface area contributed by atoms with Gasteiger partial charge in [-0.15, -0.1) is 0 Å². The molecule has 147 valence electrons. The normalized spacial score (nSPS) is 11.5. The summed E-state index contributed by atoms with van der Waals surface area (Å²) in [6.45, 7) is 11.5. The van der Waals surface area contributed by atoms with Crippen molar-refractivity contribution in [2.45, 2.75) is 58.7 Å². The van der Waals surface area contributed by atoms with Gasteiger partial charge in [-0.1, -0.05) is 38.1 Å². The van der Waals surface area contributed by atoms with Gasteiger partial charge in [-0.3, -0.25) is 0 Å². The minimum absolute atomic E-state index is 0. The van der Waals surface area contributed by atoms with Crippen LogP contribution in [0.15, 0.2) is 48.5 Å². The third-order valence-electron chi connectivity index (χ3n) is 4.44. The summed E-state index contributed by atoms with van der Waals surface area (Å²) in [6.07, 6.45) is 0. The number of hydrogen-bond donors (Lipinski definition) is 3. The predicted molar refractivity (Wildman–Crippen MR) is 108 cm³/mol. The van der Waals surface area contributed by atoms with Gasteiger partial charge in [-0.05, 0) is 63.4 Å². The first kappa shape index (κ1) is 23.0. The molecule has 0 amide bonds. The minimum Gasteiger partial charge on any atom is -0.481 e. The molecule has 2 aromatic carbocycles. The Labute approximate surface area is 162 Å². The van der Waals surface area contributed by atoms with Gasteiger partial charge >= 0.3 is 7.69 Å². The second-order valence-electron chi connectivity index (χ2n) is 7.56. The van der Waals surface area contributed by atoms with Crippen molar-refractivity contribution in [3.05, 3.63) is 54.1 Å². The quantitative estimate of drug-likeness (QED) is 0.666. The molecule has 1 radical (unpaired) electrons. The SMILES string of the molecule is CC(C)c1cccc(Oc2ccccc2OC(C)(C)C(C)(C)O)c1.O[B]O. The maximum absolute atomic E-state index is 10.3. The molecular formula is C21H30BO5. The first-order valence-corrected chi connectivity index (χ1v) is 8.90. The third-order valence-corrected chi connectivity index (χ3v) is 4.44. The predicted octanol–water partition coefficient (Wildman–Crippen LogP) is 4.04. The van der Waals surface area contributed by atoms with E-state index in [4.69, 9.17) is 19.5 Å².